The predicted molar refractivity (Wildman–Crippen MR) is 88.8 cm³/mol. The van der Waals surface area contributed by atoms with Gasteiger partial charge in [-0.2, -0.15) is 11.8 Å². The van der Waals surface area contributed by atoms with E-state index in [9.17, 15) is 0 Å². The van der Waals surface area contributed by atoms with Gasteiger partial charge in [-0.05, 0) is 32.0 Å². The van der Waals surface area contributed by atoms with E-state index in [1.807, 2.05) is 23.9 Å². The second kappa shape index (κ2) is 7.22. The molecule has 21 heavy (non-hydrogen) atoms. The number of aliphatic hydroxyl groups is 1. The number of ether oxygens (including phenoxy) is 1. The standard InChI is InChI=1S/C17H23NO2S/c1-17(2)13-18(8-10-21-17)12-15-11-14(5-4-9-19)6-7-16(15)20-3/h6-7,11,19H,8-10,12-13H2,1-3H3. The molecule has 0 atom stereocenters. The third-order valence-electron chi connectivity index (χ3n) is 3.49. The Bertz CT molecular complexity index is 545. The van der Waals surface area contributed by atoms with Crippen LogP contribution >= 0.6 is 11.8 Å². The lowest BCUT2D eigenvalue weighted by atomic mass is 10.1. The highest BCUT2D eigenvalue weighted by Crippen LogP contribution is 2.31. The number of hydrogen-bond donors (Lipinski definition) is 1. The average molecular weight is 305 g/mol. The molecule has 3 nitrogen and oxygen atoms in total. The Kier molecular flexibility index (Phi) is 5.58. The summed E-state index contributed by atoms with van der Waals surface area (Å²) in [5.74, 6) is 7.72. The van der Waals surface area contributed by atoms with E-state index in [1.54, 1.807) is 7.11 Å². The highest BCUT2D eigenvalue weighted by Gasteiger charge is 2.27. The third-order valence-corrected chi connectivity index (χ3v) is 4.79. The van der Waals surface area contributed by atoms with Gasteiger partial charge in [0.05, 0.1) is 7.11 Å². The second-order valence-electron chi connectivity index (χ2n) is 5.81. The summed E-state index contributed by atoms with van der Waals surface area (Å²) in [6.07, 6.45) is 0. The summed E-state index contributed by atoms with van der Waals surface area (Å²) >= 11 is 2.04. The lowest BCUT2D eigenvalue weighted by Crippen LogP contribution is -2.42. The van der Waals surface area contributed by atoms with Gasteiger partial charge in [0.1, 0.15) is 12.4 Å². The predicted octanol–water partition coefficient (Wildman–Crippen LogP) is 2.37. The fourth-order valence-corrected chi connectivity index (χ4v) is 3.79. The number of aliphatic hydroxyl groups excluding tert-OH is 1. The molecule has 1 aliphatic heterocycles. The van der Waals surface area contributed by atoms with Crippen molar-refractivity contribution in [2.45, 2.75) is 25.1 Å². The Morgan fingerprint density at radius 3 is 2.90 bits per heavy atom. The molecule has 0 spiro atoms. The van der Waals surface area contributed by atoms with Gasteiger partial charge in [-0.15, -0.1) is 0 Å². The van der Waals surface area contributed by atoms with Crippen LogP contribution in [-0.2, 0) is 6.54 Å². The summed E-state index contributed by atoms with van der Waals surface area (Å²) in [6.45, 7) is 7.53. The second-order valence-corrected chi connectivity index (χ2v) is 7.61. The van der Waals surface area contributed by atoms with Crippen molar-refractivity contribution in [3.8, 4) is 17.6 Å². The first-order valence-electron chi connectivity index (χ1n) is 7.17. The summed E-state index contributed by atoms with van der Waals surface area (Å²) in [5.41, 5.74) is 2.08. The summed E-state index contributed by atoms with van der Waals surface area (Å²) in [4.78, 5) is 2.47. The molecule has 0 aliphatic carbocycles. The first kappa shape index (κ1) is 16.2. The van der Waals surface area contributed by atoms with Gasteiger partial charge in [-0.1, -0.05) is 11.8 Å². The fraction of sp³-hybridized carbons (Fsp3) is 0.529. The molecule has 114 valence electrons. The Balaban J connectivity index is 2.17. The molecule has 0 aromatic heterocycles. The Morgan fingerprint density at radius 1 is 1.43 bits per heavy atom. The SMILES string of the molecule is COc1ccc(C#CCO)cc1CN1CCSC(C)(C)C1. The molecule has 1 aliphatic rings. The van der Waals surface area contributed by atoms with E-state index in [0.29, 0.717) is 4.75 Å². The smallest absolute Gasteiger partial charge is 0.123 e. The molecule has 1 aromatic carbocycles. The zero-order valence-corrected chi connectivity index (χ0v) is 13.8. The molecule has 1 aromatic rings. The van der Waals surface area contributed by atoms with Crippen LogP contribution < -0.4 is 4.74 Å². The molecule has 0 unspecified atom stereocenters. The maximum absolute atomic E-state index is 8.81. The van der Waals surface area contributed by atoms with Gasteiger partial charge >= 0.3 is 0 Å². The van der Waals surface area contributed by atoms with Crippen LogP contribution in [0.2, 0.25) is 0 Å². The summed E-state index contributed by atoms with van der Waals surface area (Å²) < 4.78 is 5.77. The van der Waals surface area contributed by atoms with Crippen molar-refractivity contribution in [2.24, 2.45) is 0 Å². The monoisotopic (exact) mass is 305 g/mol. The van der Waals surface area contributed by atoms with Gasteiger partial charge in [0, 0.05) is 41.3 Å². The first-order chi connectivity index (χ1) is 10.0. The highest BCUT2D eigenvalue weighted by molar-refractivity contribution is 8.00. The molecule has 1 heterocycles. The molecule has 1 fully saturated rings. The first-order valence-corrected chi connectivity index (χ1v) is 8.15. The van der Waals surface area contributed by atoms with Crippen LogP contribution in [0.1, 0.15) is 25.0 Å². The maximum Gasteiger partial charge on any atom is 0.123 e. The molecule has 2 rings (SSSR count). The largest absolute Gasteiger partial charge is 0.496 e. The van der Waals surface area contributed by atoms with Crippen LogP contribution in [-0.4, -0.2) is 47.3 Å². The number of rotatable bonds is 3. The molecule has 0 bridgehead atoms. The Hall–Kier alpha value is -1.15. The quantitative estimate of drug-likeness (QED) is 0.869. The van der Waals surface area contributed by atoms with E-state index in [0.717, 1.165) is 36.5 Å². The minimum Gasteiger partial charge on any atom is -0.496 e. The van der Waals surface area contributed by atoms with E-state index in [2.05, 4.69) is 36.7 Å². The van der Waals surface area contributed by atoms with Gasteiger partial charge < -0.3 is 9.84 Å². The number of hydrogen-bond acceptors (Lipinski definition) is 4. The highest BCUT2D eigenvalue weighted by atomic mass is 32.2. The van der Waals surface area contributed by atoms with Crippen molar-refractivity contribution in [3.63, 3.8) is 0 Å². The van der Waals surface area contributed by atoms with Crippen molar-refractivity contribution in [3.05, 3.63) is 29.3 Å². The van der Waals surface area contributed by atoms with Crippen LogP contribution in [0.15, 0.2) is 18.2 Å². The van der Waals surface area contributed by atoms with Gasteiger partial charge in [0.2, 0.25) is 0 Å². The Labute approximate surface area is 131 Å². The topological polar surface area (TPSA) is 32.7 Å². The Morgan fingerprint density at radius 2 is 2.24 bits per heavy atom. The van der Waals surface area contributed by atoms with Crippen LogP contribution in [0.4, 0.5) is 0 Å². The number of thioether (sulfide) groups is 1. The molecule has 0 saturated carbocycles. The van der Waals surface area contributed by atoms with Crippen LogP contribution in [0, 0.1) is 11.8 Å². The lowest BCUT2D eigenvalue weighted by Gasteiger charge is -2.37. The van der Waals surface area contributed by atoms with Gasteiger partial charge in [-0.25, -0.2) is 0 Å². The van der Waals surface area contributed by atoms with E-state index < -0.39 is 0 Å². The molecule has 0 amide bonds. The van der Waals surface area contributed by atoms with Crippen molar-refractivity contribution in [1.82, 2.24) is 4.90 Å². The van der Waals surface area contributed by atoms with Crippen molar-refractivity contribution in [1.29, 1.82) is 0 Å². The molecular weight excluding hydrogens is 282 g/mol. The third kappa shape index (κ3) is 4.67. The summed E-state index contributed by atoms with van der Waals surface area (Å²) in [5, 5.41) is 8.81. The number of nitrogens with zero attached hydrogens (tertiary/aromatic N) is 1. The summed E-state index contributed by atoms with van der Waals surface area (Å²) in [6, 6.07) is 5.96. The zero-order chi connectivity index (χ0) is 15.3. The molecule has 1 saturated heterocycles. The van der Waals surface area contributed by atoms with E-state index in [-0.39, 0.29) is 6.61 Å². The van der Waals surface area contributed by atoms with Crippen LogP contribution in [0.25, 0.3) is 0 Å². The molecule has 4 heteroatoms. The van der Waals surface area contributed by atoms with E-state index in [1.165, 1.54) is 5.75 Å². The normalized spacial score (nSPS) is 17.9. The van der Waals surface area contributed by atoms with Crippen molar-refractivity contribution in [2.75, 3.05) is 32.6 Å². The fourth-order valence-electron chi connectivity index (χ4n) is 2.61. The van der Waals surface area contributed by atoms with Crippen LogP contribution in [0.3, 0.4) is 0 Å². The van der Waals surface area contributed by atoms with E-state index >= 15 is 0 Å². The van der Waals surface area contributed by atoms with Crippen molar-refractivity contribution < 1.29 is 9.84 Å². The lowest BCUT2D eigenvalue weighted by molar-refractivity contribution is 0.248. The number of benzene rings is 1. The minimum atomic E-state index is -0.112. The molecular formula is C17H23NO2S. The maximum atomic E-state index is 8.81. The van der Waals surface area contributed by atoms with Crippen molar-refractivity contribution >= 4 is 11.8 Å². The average Bonchev–Trinajstić information content (AvgIpc) is 2.44. The van der Waals surface area contributed by atoms with Gasteiger partial charge in [-0.3, -0.25) is 4.90 Å². The molecule has 1 N–H and O–H groups in total. The number of methoxy groups -OCH3 is 1. The summed E-state index contributed by atoms with van der Waals surface area (Å²) in [7, 11) is 1.70. The molecule has 0 radical (unpaired) electrons. The van der Waals surface area contributed by atoms with Crippen LogP contribution in [0.5, 0.6) is 5.75 Å². The van der Waals surface area contributed by atoms with Gasteiger partial charge in [0.25, 0.3) is 0 Å². The van der Waals surface area contributed by atoms with Gasteiger partial charge in [0.15, 0.2) is 0 Å². The minimum absolute atomic E-state index is 0.112. The zero-order valence-electron chi connectivity index (χ0n) is 13.0. The van der Waals surface area contributed by atoms with E-state index in [4.69, 9.17) is 9.84 Å².